The lowest BCUT2D eigenvalue weighted by Crippen LogP contribution is -2.23. The van der Waals surface area contributed by atoms with Crippen LogP contribution in [0.15, 0.2) is 36.4 Å². The number of rotatable bonds is 4. The number of aryl methyl sites for hydroxylation is 2. The summed E-state index contributed by atoms with van der Waals surface area (Å²) in [6.45, 7) is 7.18. The monoisotopic (exact) mass is 383 g/mol. The molecule has 2 aromatic carbocycles. The highest BCUT2D eigenvalue weighted by Gasteiger charge is 2.18. The zero-order valence-electron chi connectivity index (χ0n) is 12.0. The lowest BCUT2D eigenvalue weighted by molar-refractivity contribution is 0.609. The first-order valence-electron chi connectivity index (χ1n) is 6.78. The molecule has 0 aromatic heterocycles. The van der Waals surface area contributed by atoms with E-state index in [1.54, 1.807) is 6.07 Å². The van der Waals surface area contributed by atoms with Crippen LogP contribution in [0.4, 0.5) is 4.39 Å². The summed E-state index contributed by atoms with van der Waals surface area (Å²) in [6, 6.07) is 11.6. The van der Waals surface area contributed by atoms with E-state index in [0.717, 1.165) is 15.7 Å². The van der Waals surface area contributed by atoms with Gasteiger partial charge in [0.05, 0.1) is 6.04 Å². The number of nitrogens with one attached hydrogen (secondary N) is 1. The molecule has 0 fully saturated rings. The fourth-order valence-electron chi connectivity index (χ4n) is 2.40. The molecule has 0 amide bonds. The van der Waals surface area contributed by atoms with E-state index in [0.29, 0.717) is 0 Å². The van der Waals surface area contributed by atoms with Crippen molar-refractivity contribution < 1.29 is 4.39 Å². The van der Waals surface area contributed by atoms with Crippen molar-refractivity contribution in [3.63, 3.8) is 0 Å². The molecule has 0 aliphatic carbocycles. The van der Waals surface area contributed by atoms with Crippen molar-refractivity contribution in [3.8, 4) is 0 Å². The minimum absolute atomic E-state index is 0.104. The Bertz CT molecular complexity index is 610. The third-order valence-electron chi connectivity index (χ3n) is 3.43. The van der Waals surface area contributed by atoms with E-state index >= 15 is 0 Å². The standard InChI is InChI=1S/C17H19FIN/c1-4-20-17(14-8-7-13(18)10-16(14)19)15-9-11(2)5-6-12(15)3/h5-10,17,20H,4H2,1-3H3. The predicted molar refractivity (Wildman–Crippen MR) is 90.6 cm³/mol. The van der Waals surface area contributed by atoms with Gasteiger partial charge in [-0.3, -0.25) is 0 Å². The van der Waals surface area contributed by atoms with Crippen molar-refractivity contribution in [1.82, 2.24) is 5.32 Å². The Morgan fingerprint density at radius 2 is 1.85 bits per heavy atom. The van der Waals surface area contributed by atoms with Crippen molar-refractivity contribution in [1.29, 1.82) is 0 Å². The second kappa shape index (κ2) is 6.68. The number of hydrogen-bond acceptors (Lipinski definition) is 1. The molecule has 0 bridgehead atoms. The lowest BCUT2D eigenvalue weighted by Gasteiger charge is -2.22. The third-order valence-corrected chi connectivity index (χ3v) is 4.36. The minimum Gasteiger partial charge on any atom is -0.306 e. The lowest BCUT2D eigenvalue weighted by atomic mass is 9.93. The Kier molecular flexibility index (Phi) is 5.16. The smallest absolute Gasteiger partial charge is 0.124 e. The van der Waals surface area contributed by atoms with Crippen molar-refractivity contribution in [2.24, 2.45) is 0 Å². The van der Waals surface area contributed by atoms with E-state index in [4.69, 9.17) is 0 Å². The first-order valence-corrected chi connectivity index (χ1v) is 7.86. The van der Waals surface area contributed by atoms with E-state index in [-0.39, 0.29) is 11.9 Å². The molecule has 0 heterocycles. The molecule has 1 unspecified atom stereocenters. The van der Waals surface area contributed by atoms with Gasteiger partial charge in [0.15, 0.2) is 0 Å². The third kappa shape index (κ3) is 3.38. The molecule has 2 rings (SSSR count). The van der Waals surface area contributed by atoms with Gasteiger partial charge in [-0.2, -0.15) is 0 Å². The Balaban J connectivity index is 2.53. The largest absolute Gasteiger partial charge is 0.306 e. The van der Waals surface area contributed by atoms with Gasteiger partial charge in [-0.25, -0.2) is 4.39 Å². The Labute approximate surface area is 133 Å². The Morgan fingerprint density at radius 3 is 2.50 bits per heavy atom. The second-order valence-corrected chi connectivity index (χ2v) is 6.18. The fraction of sp³-hybridized carbons (Fsp3) is 0.294. The van der Waals surface area contributed by atoms with Crippen LogP contribution in [0, 0.1) is 23.2 Å². The summed E-state index contributed by atoms with van der Waals surface area (Å²) in [7, 11) is 0. The highest BCUT2D eigenvalue weighted by molar-refractivity contribution is 14.1. The van der Waals surface area contributed by atoms with Crippen LogP contribution in [-0.4, -0.2) is 6.54 Å². The molecule has 1 atom stereocenters. The normalized spacial score (nSPS) is 12.4. The van der Waals surface area contributed by atoms with Gasteiger partial charge < -0.3 is 5.32 Å². The number of halogens is 2. The summed E-state index contributed by atoms with van der Waals surface area (Å²) in [6.07, 6.45) is 0. The van der Waals surface area contributed by atoms with E-state index in [9.17, 15) is 4.39 Å². The van der Waals surface area contributed by atoms with Crippen molar-refractivity contribution in [3.05, 3.63) is 68.0 Å². The summed E-state index contributed by atoms with van der Waals surface area (Å²) in [5.41, 5.74) is 4.88. The van der Waals surface area contributed by atoms with Crippen LogP contribution in [0.1, 0.15) is 35.2 Å². The molecular formula is C17H19FIN. The van der Waals surface area contributed by atoms with Gasteiger partial charge in [-0.15, -0.1) is 0 Å². The topological polar surface area (TPSA) is 12.0 Å². The van der Waals surface area contributed by atoms with E-state index in [1.165, 1.54) is 22.8 Å². The van der Waals surface area contributed by atoms with Crippen molar-refractivity contribution >= 4 is 22.6 Å². The van der Waals surface area contributed by atoms with E-state index < -0.39 is 0 Å². The molecule has 0 aliphatic heterocycles. The SMILES string of the molecule is CCNC(c1cc(C)ccc1C)c1ccc(F)cc1I. The Morgan fingerprint density at radius 1 is 1.10 bits per heavy atom. The van der Waals surface area contributed by atoms with Gasteiger partial charge >= 0.3 is 0 Å². The first-order chi connectivity index (χ1) is 9.52. The van der Waals surface area contributed by atoms with Crippen LogP contribution in [0.3, 0.4) is 0 Å². The van der Waals surface area contributed by atoms with Crippen LogP contribution in [0.5, 0.6) is 0 Å². The minimum atomic E-state index is -0.186. The molecule has 2 aromatic rings. The maximum Gasteiger partial charge on any atom is 0.124 e. The molecule has 0 spiro atoms. The average Bonchev–Trinajstić information content (AvgIpc) is 2.40. The van der Waals surface area contributed by atoms with Crippen LogP contribution in [-0.2, 0) is 0 Å². The summed E-state index contributed by atoms with van der Waals surface area (Å²) < 4.78 is 14.3. The molecule has 1 nitrogen and oxygen atoms in total. The van der Waals surface area contributed by atoms with E-state index in [2.05, 4.69) is 66.9 Å². The Hall–Kier alpha value is -0.940. The van der Waals surface area contributed by atoms with Crippen molar-refractivity contribution in [2.45, 2.75) is 26.8 Å². The molecule has 106 valence electrons. The molecule has 0 radical (unpaired) electrons. The summed E-state index contributed by atoms with van der Waals surface area (Å²) in [5, 5.41) is 3.52. The number of hydrogen-bond donors (Lipinski definition) is 1. The predicted octanol–water partition coefficient (Wildman–Crippen LogP) is 4.75. The van der Waals surface area contributed by atoms with Crippen molar-refractivity contribution in [2.75, 3.05) is 6.54 Å². The zero-order valence-corrected chi connectivity index (χ0v) is 14.2. The van der Waals surface area contributed by atoms with Gasteiger partial charge in [-0.1, -0.05) is 36.8 Å². The fourth-order valence-corrected chi connectivity index (χ4v) is 3.19. The van der Waals surface area contributed by atoms with Gasteiger partial charge in [0.2, 0.25) is 0 Å². The average molecular weight is 383 g/mol. The highest BCUT2D eigenvalue weighted by Crippen LogP contribution is 2.29. The number of benzene rings is 2. The molecule has 3 heteroatoms. The molecular weight excluding hydrogens is 364 g/mol. The van der Waals surface area contributed by atoms with Gasteiger partial charge in [0.1, 0.15) is 5.82 Å². The highest BCUT2D eigenvalue weighted by atomic mass is 127. The van der Waals surface area contributed by atoms with Crippen LogP contribution in [0.25, 0.3) is 0 Å². The van der Waals surface area contributed by atoms with Crippen LogP contribution < -0.4 is 5.32 Å². The molecule has 0 aliphatic rings. The second-order valence-electron chi connectivity index (χ2n) is 5.02. The molecule has 1 N–H and O–H groups in total. The maximum absolute atomic E-state index is 13.3. The molecule has 0 saturated heterocycles. The quantitative estimate of drug-likeness (QED) is 0.752. The summed E-state index contributed by atoms with van der Waals surface area (Å²) in [5.74, 6) is -0.186. The summed E-state index contributed by atoms with van der Waals surface area (Å²) in [4.78, 5) is 0. The van der Waals surface area contributed by atoms with Crippen LogP contribution >= 0.6 is 22.6 Å². The van der Waals surface area contributed by atoms with Crippen LogP contribution in [0.2, 0.25) is 0 Å². The van der Waals surface area contributed by atoms with Gasteiger partial charge in [0, 0.05) is 3.57 Å². The van der Waals surface area contributed by atoms with E-state index in [1.807, 2.05) is 6.07 Å². The molecule has 20 heavy (non-hydrogen) atoms. The first kappa shape index (κ1) is 15.4. The molecule has 0 saturated carbocycles. The zero-order chi connectivity index (χ0) is 14.7. The summed E-state index contributed by atoms with van der Waals surface area (Å²) >= 11 is 2.21. The van der Waals surface area contributed by atoms with Gasteiger partial charge in [0.25, 0.3) is 0 Å². The maximum atomic E-state index is 13.3. The van der Waals surface area contributed by atoms with Gasteiger partial charge in [-0.05, 0) is 71.8 Å².